The molecule has 1 aromatic carbocycles. The molecule has 1 aliphatic heterocycles. The molecule has 1 heterocycles. The lowest BCUT2D eigenvalue weighted by molar-refractivity contribution is -0.132. The standard InChI is InChI=1S/C22H35N3O3S/c1-17-14-19(3)21(15-18(17)2)29(27,28)25(20-8-6-4-5-7-9-20)16-22(26)24-12-10-23-11-13-24/h14-15,20,23H,4-13,16H2,1-3H3. The van der Waals surface area contributed by atoms with E-state index in [1.54, 1.807) is 11.0 Å². The molecular weight excluding hydrogens is 386 g/mol. The van der Waals surface area contributed by atoms with Crippen molar-refractivity contribution in [1.82, 2.24) is 14.5 Å². The summed E-state index contributed by atoms with van der Waals surface area (Å²) in [5.41, 5.74) is 2.80. The number of benzene rings is 1. The van der Waals surface area contributed by atoms with Crippen LogP contribution in [0.3, 0.4) is 0 Å². The van der Waals surface area contributed by atoms with E-state index in [4.69, 9.17) is 0 Å². The van der Waals surface area contributed by atoms with E-state index in [0.717, 1.165) is 68.3 Å². The lowest BCUT2D eigenvalue weighted by Gasteiger charge is -2.34. The smallest absolute Gasteiger partial charge is 0.244 e. The van der Waals surface area contributed by atoms with Gasteiger partial charge in [0.1, 0.15) is 0 Å². The van der Waals surface area contributed by atoms with Gasteiger partial charge in [0, 0.05) is 32.2 Å². The summed E-state index contributed by atoms with van der Waals surface area (Å²) in [6.07, 6.45) is 5.97. The predicted molar refractivity (Wildman–Crippen MR) is 115 cm³/mol. The minimum absolute atomic E-state index is 0.0562. The first-order valence-corrected chi connectivity index (χ1v) is 12.3. The molecule has 1 saturated carbocycles. The Morgan fingerprint density at radius 3 is 2.21 bits per heavy atom. The van der Waals surface area contributed by atoms with E-state index >= 15 is 0 Å². The van der Waals surface area contributed by atoms with Crippen LogP contribution in [0.2, 0.25) is 0 Å². The van der Waals surface area contributed by atoms with Crippen LogP contribution in [0.5, 0.6) is 0 Å². The summed E-state index contributed by atoms with van der Waals surface area (Å²) in [6, 6.07) is 3.61. The zero-order valence-electron chi connectivity index (χ0n) is 18.0. The van der Waals surface area contributed by atoms with E-state index in [0.29, 0.717) is 18.0 Å². The first kappa shape index (κ1) is 22.2. The molecule has 0 radical (unpaired) electrons. The highest BCUT2D eigenvalue weighted by Crippen LogP contribution is 2.30. The van der Waals surface area contributed by atoms with Gasteiger partial charge in [-0.25, -0.2) is 8.42 Å². The van der Waals surface area contributed by atoms with Crippen LogP contribution in [-0.2, 0) is 14.8 Å². The molecule has 3 rings (SSSR count). The maximum absolute atomic E-state index is 13.8. The molecule has 0 unspecified atom stereocenters. The number of nitrogens with one attached hydrogen (secondary N) is 1. The van der Waals surface area contributed by atoms with Crippen molar-refractivity contribution in [3.63, 3.8) is 0 Å². The van der Waals surface area contributed by atoms with E-state index in [1.807, 2.05) is 26.8 Å². The van der Waals surface area contributed by atoms with Crippen LogP contribution in [0.1, 0.15) is 55.2 Å². The first-order valence-electron chi connectivity index (χ1n) is 10.9. The van der Waals surface area contributed by atoms with Crippen molar-refractivity contribution in [3.8, 4) is 0 Å². The molecule has 2 fully saturated rings. The zero-order chi connectivity index (χ0) is 21.0. The van der Waals surface area contributed by atoms with Gasteiger partial charge in [0.2, 0.25) is 15.9 Å². The third-order valence-corrected chi connectivity index (χ3v) is 8.41. The van der Waals surface area contributed by atoms with Gasteiger partial charge in [-0.15, -0.1) is 0 Å². The summed E-state index contributed by atoms with van der Waals surface area (Å²) in [7, 11) is -3.75. The van der Waals surface area contributed by atoms with E-state index in [9.17, 15) is 13.2 Å². The maximum atomic E-state index is 13.8. The molecular formula is C22H35N3O3S. The Morgan fingerprint density at radius 1 is 1.00 bits per heavy atom. The van der Waals surface area contributed by atoms with Crippen LogP contribution < -0.4 is 5.32 Å². The van der Waals surface area contributed by atoms with Crippen LogP contribution >= 0.6 is 0 Å². The van der Waals surface area contributed by atoms with Crippen molar-refractivity contribution < 1.29 is 13.2 Å². The first-order chi connectivity index (χ1) is 13.8. The molecule has 0 atom stereocenters. The number of carbonyl (C=O) groups is 1. The average molecular weight is 422 g/mol. The molecule has 1 aliphatic carbocycles. The fourth-order valence-corrected chi connectivity index (χ4v) is 6.37. The maximum Gasteiger partial charge on any atom is 0.244 e. The van der Waals surface area contributed by atoms with Gasteiger partial charge < -0.3 is 10.2 Å². The van der Waals surface area contributed by atoms with E-state index in [1.165, 1.54) is 4.31 Å². The van der Waals surface area contributed by atoms with Crippen molar-refractivity contribution >= 4 is 15.9 Å². The highest BCUT2D eigenvalue weighted by molar-refractivity contribution is 7.89. The van der Waals surface area contributed by atoms with Crippen molar-refractivity contribution in [2.75, 3.05) is 32.7 Å². The van der Waals surface area contributed by atoms with Crippen molar-refractivity contribution in [3.05, 3.63) is 28.8 Å². The molecule has 1 N–H and O–H groups in total. The molecule has 7 heteroatoms. The van der Waals surface area contributed by atoms with Gasteiger partial charge in [-0.2, -0.15) is 4.31 Å². The molecule has 0 aromatic heterocycles. The molecule has 1 aromatic rings. The predicted octanol–water partition coefficient (Wildman–Crippen LogP) is 2.76. The fraction of sp³-hybridized carbons (Fsp3) is 0.682. The zero-order valence-corrected chi connectivity index (χ0v) is 18.9. The normalized spacial score (nSPS) is 19.4. The van der Waals surface area contributed by atoms with Crippen LogP contribution in [0.25, 0.3) is 0 Å². The SMILES string of the molecule is Cc1cc(C)c(S(=O)(=O)N(CC(=O)N2CCNCC2)C2CCCCCC2)cc1C. The largest absolute Gasteiger partial charge is 0.339 e. The molecule has 1 saturated heterocycles. The number of nitrogens with zero attached hydrogens (tertiary/aromatic N) is 2. The van der Waals surface area contributed by atoms with Crippen molar-refractivity contribution in [2.45, 2.75) is 70.2 Å². The third-order valence-electron chi connectivity index (χ3n) is 6.37. The fourth-order valence-electron chi connectivity index (χ4n) is 4.44. The Balaban J connectivity index is 1.94. The Kier molecular flexibility index (Phi) is 7.35. The van der Waals surface area contributed by atoms with E-state index in [-0.39, 0.29) is 18.5 Å². The monoisotopic (exact) mass is 421 g/mol. The highest BCUT2D eigenvalue weighted by atomic mass is 32.2. The minimum atomic E-state index is -3.75. The lowest BCUT2D eigenvalue weighted by atomic mass is 10.1. The number of hydrogen-bond acceptors (Lipinski definition) is 4. The van der Waals surface area contributed by atoms with Crippen LogP contribution in [0.15, 0.2) is 17.0 Å². The Labute approximate surface area is 175 Å². The summed E-state index contributed by atoms with van der Waals surface area (Å²) < 4.78 is 29.1. The second-order valence-corrected chi connectivity index (χ2v) is 10.4. The number of aryl methyl sites for hydroxylation is 3. The number of rotatable bonds is 5. The van der Waals surface area contributed by atoms with Crippen LogP contribution in [0, 0.1) is 20.8 Å². The highest BCUT2D eigenvalue weighted by Gasteiger charge is 2.35. The quantitative estimate of drug-likeness (QED) is 0.742. The molecule has 0 spiro atoms. The number of sulfonamides is 1. The van der Waals surface area contributed by atoms with Gasteiger partial charge >= 0.3 is 0 Å². The Bertz CT molecular complexity index is 824. The summed E-state index contributed by atoms with van der Waals surface area (Å²) in [4.78, 5) is 15.2. The summed E-state index contributed by atoms with van der Waals surface area (Å²) >= 11 is 0. The number of piperazine rings is 1. The Hall–Kier alpha value is -1.44. The molecule has 1 amide bonds. The molecule has 162 valence electrons. The number of amides is 1. The van der Waals surface area contributed by atoms with Crippen LogP contribution in [0.4, 0.5) is 0 Å². The minimum Gasteiger partial charge on any atom is -0.339 e. The topological polar surface area (TPSA) is 69.7 Å². The van der Waals surface area contributed by atoms with Gasteiger partial charge in [-0.1, -0.05) is 31.7 Å². The van der Waals surface area contributed by atoms with Crippen LogP contribution in [-0.4, -0.2) is 62.3 Å². The molecule has 29 heavy (non-hydrogen) atoms. The summed E-state index contributed by atoms with van der Waals surface area (Å²) in [5.74, 6) is -0.0826. The second-order valence-electron chi connectivity index (χ2n) is 8.53. The lowest BCUT2D eigenvalue weighted by Crippen LogP contribution is -2.52. The average Bonchev–Trinajstić information content (AvgIpc) is 2.98. The van der Waals surface area contributed by atoms with Crippen molar-refractivity contribution in [1.29, 1.82) is 0 Å². The summed E-state index contributed by atoms with van der Waals surface area (Å²) in [6.45, 7) is 8.53. The number of carbonyl (C=O) groups excluding carboxylic acids is 1. The Morgan fingerprint density at radius 2 is 1.59 bits per heavy atom. The molecule has 6 nitrogen and oxygen atoms in total. The second kappa shape index (κ2) is 9.58. The van der Waals surface area contributed by atoms with E-state index in [2.05, 4.69) is 5.32 Å². The third kappa shape index (κ3) is 5.19. The van der Waals surface area contributed by atoms with Gasteiger partial charge in [0.15, 0.2) is 0 Å². The van der Waals surface area contributed by atoms with Gasteiger partial charge in [0.25, 0.3) is 0 Å². The summed E-state index contributed by atoms with van der Waals surface area (Å²) in [5, 5.41) is 3.24. The molecule has 0 bridgehead atoms. The molecule has 2 aliphatic rings. The number of hydrogen-bond donors (Lipinski definition) is 1. The van der Waals surface area contributed by atoms with Crippen molar-refractivity contribution in [2.24, 2.45) is 0 Å². The van der Waals surface area contributed by atoms with Gasteiger partial charge in [-0.3, -0.25) is 4.79 Å². The van der Waals surface area contributed by atoms with Gasteiger partial charge in [0.05, 0.1) is 11.4 Å². The van der Waals surface area contributed by atoms with Gasteiger partial charge in [-0.05, 0) is 56.4 Å². The van der Waals surface area contributed by atoms with E-state index < -0.39 is 10.0 Å².